The van der Waals surface area contributed by atoms with Gasteiger partial charge in [-0.1, -0.05) is 12.1 Å². The van der Waals surface area contributed by atoms with Gasteiger partial charge in [-0.25, -0.2) is 9.59 Å². The number of likely N-dealkylation sites (tertiary alicyclic amines) is 1. The number of benzene rings is 1. The minimum absolute atomic E-state index is 0.348. The number of halogens is 1. The highest BCUT2D eigenvalue weighted by Gasteiger charge is 2.37. The first-order chi connectivity index (χ1) is 11.8. The van der Waals surface area contributed by atoms with Crippen LogP contribution in [0.2, 0.25) is 0 Å². The van der Waals surface area contributed by atoms with Gasteiger partial charge in [0.2, 0.25) is 0 Å². The highest BCUT2D eigenvalue weighted by atomic mass is 19.1. The summed E-state index contributed by atoms with van der Waals surface area (Å²) in [6, 6.07) is 6.40. The number of hydrogen-bond acceptors (Lipinski definition) is 4. The first-order valence-corrected chi connectivity index (χ1v) is 8.66. The van der Waals surface area contributed by atoms with Crippen LogP contribution in [0.4, 0.5) is 9.18 Å². The molecule has 5 nitrogen and oxygen atoms in total. The van der Waals surface area contributed by atoms with Gasteiger partial charge in [0.05, 0.1) is 6.67 Å². The average Bonchev–Trinajstić information content (AvgIpc) is 3.02. The Morgan fingerprint density at radius 3 is 2.52 bits per heavy atom. The van der Waals surface area contributed by atoms with E-state index >= 15 is 0 Å². The van der Waals surface area contributed by atoms with Gasteiger partial charge in [-0.05, 0) is 64.2 Å². The number of hydrogen-bond donors (Lipinski definition) is 0. The molecule has 1 aliphatic heterocycles. The molecule has 1 atom stereocenters. The second kappa shape index (κ2) is 8.32. The zero-order valence-electron chi connectivity index (χ0n) is 15.1. The number of alkyl halides is 1. The predicted octanol–water partition coefficient (Wildman–Crippen LogP) is 3.89. The number of nitrogens with zero attached hydrogens (tertiary/aromatic N) is 1. The van der Waals surface area contributed by atoms with E-state index in [1.165, 1.54) is 4.90 Å². The summed E-state index contributed by atoms with van der Waals surface area (Å²) in [7, 11) is 0. The largest absolute Gasteiger partial charge is 0.444 e. The summed E-state index contributed by atoms with van der Waals surface area (Å²) in [5.41, 5.74) is 0.387. The van der Waals surface area contributed by atoms with E-state index in [4.69, 9.17) is 9.47 Å². The smallest absolute Gasteiger partial charge is 0.411 e. The summed E-state index contributed by atoms with van der Waals surface area (Å²) >= 11 is 0. The lowest BCUT2D eigenvalue weighted by Gasteiger charge is -2.27. The Morgan fingerprint density at radius 2 is 1.92 bits per heavy atom. The number of carbonyl (C=O) groups excluding carboxylic acids is 2. The molecule has 0 aromatic heterocycles. The Balaban J connectivity index is 1.96. The zero-order valence-corrected chi connectivity index (χ0v) is 15.1. The van der Waals surface area contributed by atoms with Crippen molar-refractivity contribution in [3.8, 4) is 5.75 Å². The second-order valence-electron chi connectivity index (χ2n) is 7.19. The maximum Gasteiger partial charge on any atom is 0.411 e. The van der Waals surface area contributed by atoms with Crippen LogP contribution in [0, 0.1) is 0 Å². The van der Waals surface area contributed by atoms with Crippen molar-refractivity contribution in [3.63, 3.8) is 0 Å². The summed E-state index contributed by atoms with van der Waals surface area (Å²) in [4.78, 5) is 26.1. The van der Waals surface area contributed by atoms with E-state index < -0.39 is 23.7 Å². The van der Waals surface area contributed by atoms with Crippen LogP contribution in [0.3, 0.4) is 0 Å². The molecule has 0 saturated carbocycles. The summed E-state index contributed by atoms with van der Waals surface area (Å²) in [6.07, 6.45) is 1.94. The molecule has 25 heavy (non-hydrogen) atoms. The molecule has 2 rings (SSSR count). The lowest BCUT2D eigenvalue weighted by molar-refractivity contribution is -0.139. The van der Waals surface area contributed by atoms with E-state index in [1.807, 2.05) is 12.1 Å². The molecule has 0 aliphatic carbocycles. The molecule has 1 aromatic carbocycles. The van der Waals surface area contributed by atoms with Gasteiger partial charge in [-0.2, -0.15) is 0 Å². The highest BCUT2D eigenvalue weighted by Crippen LogP contribution is 2.23. The van der Waals surface area contributed by atoms with Gasteiger partial charge in [0.15, 0.2) is 0 Å². The molecule has 0 bridgehead atoms. The minimum atomic E-state index is -0.624. The lowest BCUT2D eigenvalue weighted by Crippen LogP contribution is -2.44. The molecular weight excluding hydrogens is 325 g/mol. The number of amides is 1. The predicted molar refractivity (Wildman–Crippen MR) is 92.3 cm³/mol. The van der Waals surface area contributed by atoms with Crippen LogP contribution >= 0.6 is 0 Å². The summed E-state index contributed by atoms with van der Waals surface area (Å²) in [6.45, 7) is 5.51. The topological polar surface area (TPSA) is 55.8 Å². The molecule has 6 heteroatoms. The molecule has 1 heterocycles. The molecule has 0 spiro atoms. The number of esters is 1. The fourth-order valence-corrected chi connectivity index (χ4v) is 2.73. The minimum Gasteiger partial charge on any atom is -0.444 e. The zero-order chi connectivity index (χ0) is 18.4. The maximum atomic E-state index is 12.4. The van der Waals surface area contributed by atoms with Crippen molar-refractivity contribution in [2.45, 2.75) is 58.1 Å². The van der Waals surface area contributed by atoms with Crippen molar-refractivity contribution < 1.29 is 23.5 Å². The average molecular weight is 351 g/mol. The molecule has 1 fully saturated rings. The standard InChI is InChI=1S/C19H26FNO4/c1-19(2,3)25-18(23)21-13-5-7-16(21)17(22)24-15-10-8-14(9-11-15)6-4-12-20/h8-11,16H,4-7,12-13H2,1-3H3. The normalized spacial score (nSPS) is 17.4. The van der Waals surface area contributed by atoms with Gasteiger partial charge < -0.3 is 9.47 Å². The van der Waals surface area contributed by atoms with E-state index in [0.717, 1.165) is 12.0 Å². The van der Waals surface area contributed by atoms with Gasteiger partial charge in [-0.3, -0.25) is 9.29 Å². The van der Waals surface area contributed by atoms with Gasteiger partial charge in [0.1, 0.15) is 17.4 Å². The third kappa shape index (κ3) is 5.73. The fourth-order valence-electron chi connectivity index (χ4n) is 2.73. The molecule has 0 N–H and O–H groups in total. The third-order valence-electron chi connectivity index (χ3n) is 3.89. The molecule has 138 valence electrons. The number of ether oxygens (including phenoxy) is 2. The Kier molecular flexibility index (Phi) is 6.39. The number of aryl methyl sites for hydroxylation is 1. The van der Waals surface area contributed by atoms with E-state index in [-0.39, 0.29) is 6.67 Å². The van der Waals surface area contributed by atoms with Crippen molar-refractivity contribution >= 4 is 12.1 Å². The second-order valence-corrected chi connectivity index (χ2v) is 7.19. The van der Waals surface area contributed by atoms with Crippen molar-refractivity contribution in [3.05, 3.63) is 29.8 Å². The third-order valence-corrected chi connectivity index (χ3v) is 3.89. The molecule has 1 aliphatic rings. The van der Waals surface area contributed by atoms with Gasteiger partial charge in [0.25, 0.3) is 0 Å². The molecule has 1 amide bonds. The van der Waals surface area contributed by atoms with Crippen LogP contribution in [0.1, 0.15) is 45.6 Å². The van der Waals surface area contributed by atoms with E-state index in [9.17, 15) is 14.0 Å². The highest BCUT2D eigenvalue weighted by molar-refractivity contribution is 5.83. The van der Waals surface area contributed by atoms with Crippen LogP contribution in [-0.2, 0) is 16.0 Å². The maximum absolute atomic E-state index is 12.4. The van der Waals surface area contributed by atoms with Crippen LogP contribution in [0.5, 0.6) is 5.75 Å². The van der Waals surface area contributed by atoms with Crippen molar-refractivity contribution in [1.82, 2.24) is 4.90 Å². The van der Waals surface area contributed by atoms with E-state index in [0.29, 0.717) is 31.6 Å². The van der Waals surface area contributed by atoms with E-state index in [1.54, 1.807) is 32.9 Å². The SMILES string of the molecule is CC(C)(C)OC(=O)N1CCCC1C(=O)Oc1ccc(CCCF)cc1. The molecule has 1 aromatic rings. The number of carbonyl (C=O) groups is 2. The summed E-state index contributed by atoms with van der Waals surface area (Å²) < 4.78 is 23.0. The first kappa shape index (κ1) is 19.2. The molecule has 1 unspecified atom stereocenters. The molecular formula is C19H26FNO4. The Morgan fingerprint density at radius 1 is 1.24 bits per heavy atom. The Hall–Kier alpha value is -2.11. The van der Waals surface area contributed by atoms with Gasteiger partial charge >= 0.3 is 12.1 Å². The quantitative estimate of drug-likeness (QED) is 0.596. The van der Waals surface area contributed by atoms with Crippen LogP contribution in [-0.4, -0.2) is 41.8 Å². The summed E-state index contributed by atoms with van der Waals surface area (Å²) in [5, 5.41) is 0. The van der Waals surface area contributed by atoms with Gasteiger partial charge in [0, 0.05) is 6.54 Å². The molecule has 1 saturated heterocycles. The van der Waals surface area contributed by atoms with Crippen molar-refractivity contribution in [1.29, 1.82) is 0 Å². The van der Waals surface area contributed by atoms with Crippen LogP contribution in [0.25, 0.3) is 0 Å². The summed E-state index contributed by atoms with van der Waals surface area (Å²) in [5.74, 6) is -0.0371. The van der Waals surface area contributed by atoms with Crippen LogP contribution in [0.15, 0.2) is 24.3 Å². The van der Waals surface area contributed by atoms with E-state index in [2.05, 4.69) is 0 Å². The monoisotopic (exact) mass is 351 g/mol. The number of rotatable bonds is 5. The van der Waals surface area contributed by atoms with Crippen molar-refractivity contribution in [2.75, 3.05) is 13.2 Å². The Labute approximate surface area is 148 Å². The van der Waals surface area contributed by atoms with Crippen molar-refractivity contribution in [2.24, 2.45) is 0 Å². The Bertz CT molecular complexity index is 594. The van der Waals surface area contributed by atoms with Gasteiger partial charge in [-0.15, -0.1) is 0 Å². The lowest BCUT2D eigenvalue weighted by atomic mass is 10.1. The fraction of sp³-hybridized carbons (Fsp3) is 0.579. The molecule has 0 radical (unpaired) electrons. The van der Waals surface area contributed by atoms with Crippen LogP contribution < -0.4 is 4.74 Å². The first-order valence-electron chi connectivity index (χ1n) is 8.66.